The highest BCUT2D eigenvalue weighted by molar-refractivity contribution is 9.10. The van der Waals surface area contributed by atoms with Crippen LogP contribution in [0.1, 0.15) is 24.2 Å². The number of carbonyl (C=O) groups excluding carboxylic acids is 1. The standard InChI is InChI=1S/C14H19BrN2O4S.ClH/c1-3-21-14(18)11-6-12(15)8-13(7-11)22(19,20)17-5-4-16-9-10(17)2;/h6-8,10,16H,3-5,9H2,1-2H3;1H. The van der Waals surface area contributed by atoms with Gasteiger partial charge in [-0.25, -0.2) is 13.2 Å². The van der Waals surface area contributed by atoms with Crippen molar-refractivity contribution in [3.05, 3.63) is 28.2 Å². The predicted molar refractivity (Wildman–Crippen MR) is 93.6 cm³/mol. The highest BCUT2D eigenvalue weighted by Gasteiger charge is 2.31. The Hall–Kier alpha value is -0.670. The lowest BCUT2D eigenvalue weighted by Crippen LogP contribution is -2.52. The summed E-state index contributed by atoms with van der Waals surface area (Å²) in [5, 5.41) is 3.16. The number of hydrogen-bond acceptors (Lipinski definition) is 5. The Kier molecular flexibility index (Phi) is 7.47. The van der Waals surface area contributed by atoms with Gasteiger partial charge < -0.3 is 10.1 Å². The second kappa shape index (κ2) is 8.43. The molecule has 130 valence electrons. The summed E-state index contributed by atoms with van der Waals surface area (Å²) in [6.45, 7) is 5.43. The highest BCUT2D eigenvalue weighted by atomic mass is 79.9. The second-order valence-electron chi connectivity index (χ2n) is 5.06. The molecule has 23 heavy (non-hydrogen) atoms. The van der Waals surface area contributed by atoms with Crippen LogP contribution in [0.3, 0.4) is 0 Å². The fourth-order valence-electron chi connectivity index (χ4n) is 2.36. The number of halogens is 2. The first kappa shape index (κ1) is 20.4. The summed E-state index contributed by atoms with van der Waals surface area (Å²) < 4.78 is 32.5. The Balaban J connectivity index is 0.00000264. The molecule has 0 aromatic heterocycles. The average Bonchev–Trinajstić information content (AvgIpc) is 2.47. The lowest BCUT2D eigenvalue weighted by molar-refractivity contribution is 0.0526. The normalized spacial score (nSPS) is 19.0. The largest absolute Gasteiger partial charge is 0.462 e. The molecule has 0 amide bonds. The molecule has 1 N–H and O–H groups in total. The van der Waals surface area contributed by atoms with E-state index in [2.05, 4.69) is 21.2 Å². The predicted octanol–water partition coefficient (Wildman–Crippen LogP) is 2.03. The third kappa shape index (κ3) is 4.67. The maximum atomic E-state index is 12.8. The Morgan fingerprint density at radius 2 is 2.13 bits per heavy atom. The van der Waals surface area contributed by atoms with E-state index < -0.39 is 16.0 Å². The molecular weight excluding hydrogens is 408 g/mol. The summed E-state index contributed by atoms with van der Waals surface area (Å²) in [5.41, 5.74) is 0.220. The molecule has 2 rings (SSSR count). The van der Waals surface area contributed by atoms with Crippen molar-refractivity contribution >= 4 is 44.3 Å². The van der Waals surface area contributed by atoms with Gasteiger partial charge >= 0.3 is 5.97 Å². The van der Waals surface area contributed by atoms with E-state index in [1.54, 1.807) is 13.0 Å². The molecule has 1 heterocycles. The van der Waals surface area contributed by atoms with Crippen molar-refractivity contribution in [2.75, 3.05) is 26.2 Å². The van der Waals surface area contributed by atoms with Crippen LogP contribution in [-0.4, -0.2) is 51.0 Å². The Morgan fingerprint density at radius 1 is 1.43 bits per heavy atom. The van der Waals surface area contributed by atoms with E-state index in [0.717, 1.165) is 0 Å². The van der Waals surface area contributed by atoms with Crippen LogP contribution in [0.2, 0.25) is 0 Å². The molecule has 0 radical (unpaired) electrons. The fourth-order valence-corrected chi connectivity index (χ4v) is 4.71. The van der Waals surface area contributed by atoms with Gasteiger partial charge in [0.1, 0.15) is 0 Å². The lowest BCUT2D eigenvalue weighted by Gasteiger charge is -2.32. The summed E-state index contributed by atoms with van der Waals surface area (Å²) in [5.74, 6) is -0.534. The van der Waals surface area contributed by atoms with Crippen molar-refractivity contribution in [2.24, 2.45) is 0 Å². The molecule has 9 heteroatoms. The molecule has 0 bridgehead atoms. The third-order valence-electron chi connectivity index (χ3n) is 3.43. The molecule has 1 aromatic rings. The summed E-state index contributed by atoms with van der Waals surface area (Å²) in [6, 6.07) is 4.29. The van der Waals surface area contributed by atoms with Crippen molar-refractivity contribution in [1.82, 2.24) is 9.62 Å². The zero-order chi connectivity index (χ0) is 16.3. The van der Waals surface area contributed by atoms with Crippen molar-refractivity contribution in [3.63, 3.8) is 0 Å². The number of rotatable bonds is 4. The minimum absolute atomic E-state index is 0. The fraction of sp³-hybridized carbons (Fsp3) is 0.500. The maximum absolute atomic E-state index is 12.8. The number of hydrogen-bond donors (Lipinski definition) is 1. The van der Waals surface area contributed by atoms with E-state index >= 15 is 0 Å². The maximum Gasteiger partial charge on any atom is 0.338 e. The number of ether oxygens (including phenoxy) is 1. The van der Waals surface area contributed by atoms with Crippen molar-refractivity contribution in [2.45, 2.75) is 24.8 Å². The number of nitrogens with zero attached hydrogens (tertiary/aromatic N) is 1. The first-order valence-electron chi connectivity index (χ1n) is 7.06. The smallest absolute Gasteiger partial charge is 0.338 e. The zero-order valence-corrected chi connectivity index (χ0v) is 16.1. The quantitative estimate of drug-likeness (QED) is 0.744. The lowest BCUT2D eigenvalue weighted by atomic mass is 10.2. The van der Waals surface area contributed by atoms with Gasteiger partial charge in [-0.3, -0.25) is 0 Å². The van der Waals surface area contributed by atoms with Gasteiger partial charge in [0.2, 0.25) is 10.0 Å². The van der Waals surface area contributed by atoms with Crippen LogP contribution in [0.25, 0.3) is 0 Å². The van der Waals surface area contributed by atoms with Gasteiger partial charge in [0.15, 0.2) is 0 Å². The summed E-state index contributed by atoms with van der Waals surface area (Å²) in [6.07, 6.45) is 0. The van der Waals surface area contributed by atoms with Crippen molar-refractivity contribution in [3.8, 4) is 0 Å². The molecule has 0 spiro atoms. The Labute approximate surface area is 151 Å². The van der Waals surface area contributed by atoms with Gasteiger partial charge in [-0.05, 0) is 32.0 Å². The number of esters is 1. The van der Waals surface area contributed by atoms with Crippen LogP contribution < -0.4 is 5.32 Å². The summed E-state index contributed by atoms with van der Waals surface area (Å²) in [4.78, 5) is 12.0. The highest BCUT2D eigenvalue weighted by Crippen LogP contribution is 2.25. The number of sulfonamides is 1. The first-order valence-corrected chi connectivity index (χ1v) is 9.30. The van der Waals surface area contributed by atoms with Crippen LogP contribution in [0.4, 0.5) is 0 Å². The van der Waals surface area contributed by atoms with Gasteiger partial charge in [-0.15, -0.1) is 12.4 Å². The van der Waals surface area contributed by atoms with Crippen LogP contribution in [-0.2, 0) is 14.8 Å². The van der Waals surface area contributed by atoms with E-state index in [4.69, 9.17) is 4.74 Å². The number of piperazine rings is 1. The molecular formula is C14H20BrClN2O4S. The molecule has 0 aliphatic carbocycles. The summed E-state index contributed by atoms with van der Waals surface area (Å²) in [7, 11) is -3.65. The number of carbonyl (C=O) groups is 1. The van der Waals surface area contributed by atoms with Gasteiger partial charge in [-0.2, -0.15) is 4.31 Å². The van der Waals surface area contributed by atoms with E-state index in [9.17, 15) is 13.2 Å². The number of benzene rings is 1. The molecule has 1 unspecified atom stereocenters. The molecule has 1 fully saturated rings. The molecule has 1 aliphatic rings. The van der Waals surface area contributed by atoms with E-state index in [1.807, 2.05) is 6.92 Å². The topological polar surface area (TPSA) is 75.7 Å². The van der Waals surface area contributed by atoms with Gasteiger partial charge in [-0.1, -0.05) is 15.9 Å². The summed E-state index contributed by atoms with van der Waals surface area (Å²) >= 11 is 3.26. The van der Waals surface area contributed by atoms with Crippen molar-refractivity contribution in [1.29, 1.82) is 0 Å². The van der Waals surface area contributed by atoms with Crippen LogP contribution in [0.5, 0.6) is 0 Å². The molecule has 1 saturated heterocycles. The molecule has 6 nitrogen and oxygen atoms in total. The van der Waals surface area contributed by atoms with Crippen LogP contribution in [0, 0.1) is 0 Å². The van der Waals surface area contributed by atoms with Gasteiger partial charge in [0.25, 0.3) is 0 Å². The third-order valence-corrected chi connectivity index (χ3v) is 5.88. The van der Waals surface area contributed by atoms with Crippen LogP contribution >= 0.6 is 28.3 Å². The monoisotopic (exact) mass is 426 g/mol. The first-order chi connectivity index (χ1) is 10.4. The Morgan fingerprint density at radius 3 is 2.74 bits per heavy atom. The van der Waals surface area contributed by atoms with E-state index in [-0.39, 0.29) is 35.5 Å². The van der Waals surface area contributed by atoms with E-state index in [1.165, 1.54) is 16.4 Å². The molecule has 1 aliphatic heterocycles. The van der Waals surface area contributed by atoms with Gasteiger partial charge in [0, 0.05) is 30.1 Å². The second-order valence-corrected chi connectivity index (χ2v) is 7.87. The minimum Gasteiger partial charge on any atom is -0.462 e. The average molecular weight is 428 g/mol. The molecule has 1 aromatic carbocycles. The number of nitrogens with one attached hydrogen (secondary N) is 1. The Bertz CT molecular complexity index is 669. The minimum atomic E-state index is -3.65. The molecule has 0 saturated carbocycles. The molecule has 1 atom stereocenters. The van der Waals surface area contributed by atoms with Gasteiger partial charge in [0.05, 0.1) is 17.1 Å². The van der Waals surface area contributed by atoms with Crippen LogP contribution in [0.15, 0.2) is 27.6 Å². The van der Waals surface area contributed by atoms with Crippen molar-refractivity contribution < 1.29 is 17.9 Å². The van der Waals surface area contributed by atoms with E-state index in [0.29, 0.717) is 24.1 Å². The zero-order valence-electron chi connectivity index (χ0n) is 12.9. The SMILES string of the molecule is CCOC(=O)c1cc(Br)cc(S(=O)(=O)N2CCNCC2C)c1.Cl.